The van der Waals surface area contributed by atoms with E-state index in [0.717, 1.165) is 18.7 Å². The number of rotatable bonds is 4. The molecule has 0 fully saturated rings. The molecule has 1 aromatic carbocycles. The normalized spacial score (nSPS) is 10.6. The number of nitrogen functional groups attached to an aromatic ring is 1. The first-order chi connectivity index (χ1) is 6.65. The fourth-order valence-electron chi connectivity index (χ4n) is 1.63. The van der Waals surface area contributed by atoms with Gasteiger partial charge in [0.2, 0.25) is 0 Å². The quantitative estimate of drug-likeness (QED) is 0.743. The lowest BCUT2D eigenvalue weighted by Gasteiger charge is -2.28. The largest absolute Gasteiger partial charge is 0.399 e. The maximum atomic E-state index is 5.77. The van der Waals surface area contributed by atoms with Crippen molar-refractivity contribution in [2.75, 3.05) is 17.2 Å². The van der Waals surface area contributed by atoms with E-state index in [1.807, 2.05) is 18.2 Å². The Bertz CT molecular complexity index is 281. The molecule has 2 nitrogen and oxygen atoms in total. The second-order valence-electron chi connectivity index (χ2n) is 3.88. The summed E-state index contributed by atoms with van der Waals surface area (Å²) in [6.07, 6.45) is 1.16. The maximum absolute atomic E-state index is 5.77. The van der Waals surface area contributed by atoms with Crippen LogP contribution in [0.3, 0.4) is 0 Å². The highest BCUT2D eigenvalue weighted by atomic mass is 15.1. The SMILES string of the molecule is CCCN(c1cccc(N)c1)C(C)C. The summed E-state index contributed by atoms with van der Waals surface area (Å²) in [7, 11) is 0. The molecule has 2 N–H and O–H groups in total. The third-order valence-corrected chi connectivity index (χ3v) is 2.29. The number of benzene rings is 1. The summed E-state index contributed by atoms with van der Waals surface area (Å²) >= 11 is 0. The Morgan fingerprint density at radius 2 is 2.07 bits per heavy atom. The highest BCUT2D eigenvalue weighted by Gasteiger charge is 2.08. The van der Waals surface area contributed by atoms with Crippen molar-refractivity contribution in [3.8, 4) is 0 Å². The van der Waals surface area contributed by atoms with Crippen LogP contribution in [0.25, 0.3) is 0 Å². The smallest absolute Gasteiger partial charge is 0.0389 e. The lowest BCUT2D eigenvalue weighted by molar-refractivity contribution is 0.671. The molecule has 0 atom stereocenters. The van der Waals surface area contributed by atoms with E-state index in [9.17, 15) is 0 Å². The minimum Gasteiger partial charge on any atom is -0.399 e. The number of anilines is 2. The molecule has 0 saturated heterocycles. The van der Waals surface area contributed by atoms with Crippen molar-refractivity contribution in [1.82, 2.24) is 0 Å². The fourth-order valence-corrected chi connectivity index (χ4v) is 1.63. The fraction of sp³-hybridized carbons (Fsp3) is 0.500. The van der Waals surface area contributed by atoms with Gasteiger partial charge in [-0.3, -0.25) is 0 Å². The zero-order valence-electron chi connectivity index (χ0n) is 9.33. The Hall–Kier alpha value is -1.18. The topological polar surface area (TPSA) is 29.3 Å². The van der Waals surface area contributed by atoms with Crippen LogP contribution in [-0.4, -0.2) is 12.6 Å². The lowest BCUT2D eigenvalue weighted by Crippen LogP contribution is -2.31. The zero-order chi connectivity index (χ0) is 10.6. The van der Waals surface area contributed by atoms with Gasteiger partial charge in [-0.05, 0) is 38.5 Å². The minimum absolute atomic E-state index is 0.525. The van der Waals surface area contributed by atoms with Gasteiger partial charge in [0.25, 0.3) is 0 Å². The molecular formula is C12H20N2. The van der Waals surface area contributed by atoms with Crippen LogP contribution >= 0.6 is 0 Å². The van der Waals surface area contributed by atoms with Gasteiger partial charge in [0.05, 0.1) is 0 Å². The summed E-state index contributed by atoms with van der Waals surface area (Å²) < 4.78 is 0. The molecule has 1 aromatic rings. The molecule has 0 bridgehead atoms. The third-order valence-electron chi connectivity index (χ3n) is 2.29. The zero-order valence-corrected chi connectivity index (χ0v) is 9.33. The maximum Gasteiger partial charge on any atom is 0.0389 e. The van der Waals surface area contributed by atoms with Gasteiger partial charge < -0.3 is 10.6 Å². The van der Waals surface area contributed by atoms with Crippen LogP contribution < -0.4 is 10.6 Å². The summed E-state index contributed by atoms with van der Waals surface area (Å²) in [6, 6.07) is 8.61. The van der Waals surface area contributed by atoms with E-state index in [2.05, 4.69) is 31.7 Å². The van der Waals surface area contributed by atoms with Crippen molar-refractivity contribution in [2.24, 2.45) is 0 Å². The van der Waals surface area contributed by atoms with Crippen LogP contribution in [0.2, 0.25) is 0 Å². The summed E-state index contributed by atoms with van der Waals surface area (Å²) in [5.41, 5.74) is 7.83. The highest BCUT2D eigenvalue weighted by Crippen LogP contribution is 2.19. The predicted octanol–water partition coefficient (Wildman–Crippen LogP) is 2.89. The Morgan fingerprint density at radius 1 is 1.36 bits per heavy atom. The van der Waals surface area contributed by atoms with Crippen LogP contribution in [0.1, 0.15) is 27.2 Å². The second kappa shape index (κ2) is 4.89. The van der Waals surface area contributed by atoms with E-state index in [-0.39, 0.29) is 0 Å². The minimum atomic E-state index is 0.525. The van der Waals surface area contributed by atoms with Crippen molar-refractivity contribution in [1.29, 1.82) is 0 Å². The number of nitrogens with zero attached hydrogens (tertiary/aromatic N) is 1. The summed E-state index contributed by atoms with van der Waals surface area (Å²) in [5.74, 6) is 0. The Balaban J connectivity index is 2.87. The number of nitrogens with two attached hydrogens (primary N) is 1. The van der Waals surface area contributed by atoms with Crippen molar-refractivity contribution in [3.63, 3.8) is 0 Å². The Labute approximate surface area is 86.7 Å². The Kier molecular flexibility index (Phi) is 3.81. The van der Waals surface area contributed by atoms with Gasteiger partial charge in [-0.2, -0.15) is 0 Å². The highest BCUT2D eigenvalue weighted by molar-refractivity contribution is 5.56. The summed E-state index contributed by atoms with van der Waals surface area (Å²) in [4.78, 5) is 2.37. The predicted molar refractivity (Wildman–Crippen MR) is 63.6 cm³/mol. The summed E-state index contributed by atoms with van der Waals surface area (Å²) in [5, 5.41) is 0. The van der Waals surface area contributed by atoms with Crippen LogP contribution in [-0.2, 0) is 0 Å². The molecule has 14 heavy (non-hydrogen) atoms. The van der Waals surface area contributed by atoms with Gasteiger partial charge in [-0.15, -0.1) is 0 Å². The molecule has 0 aliphatic carbocycles. The first kappa shape index (κ1) is 10.9. The van der Waals surface area contributed by atoms with E-state index in [1.54, 1.807) is 0 Å². The summed E-state index contributed by atoms with van der Waals surface area (Å²) in [6.45, 7) is 7.69. The molecule has 0 unspecified atom stereocenters. The van der Waals surface area contributed by atoms with Crippen molar-refractivity contribution < 1.29 is 0 Å². The second-order valence-corrected chi connectivity index (χ2v) is 3.88. The van der Waals surface area contributed by atoms with E-state index in [1.165, 1.54) is 5.69 Å². The number of hydrogen-bond donors (Lipinski definition) is 1. The molecule has 0 aliphatic rings. The first-order valence-electron chi connectivity index (χ1n) is 5.27. The van der Waals surface area contributed by atoms with Crippen LogP contribution in [0.4, 0.5) is 11.4 Å². The van der Waals surface area contributed by atoms with Crippen molar-refractivity contribution in [2.45, 2.75) is 33.2 Å². The monoisotopic (exact) mass is 192 g/mol. The standard InChI is InChI=1S/C12H20N2/c1-4-8-14(10(2)3)12-7-5-6-11(13)9-12/h5-7,9-10H,4,8,13H2,1-3H3. The lowest BCUT2D eigenvalue weighted by atomic mass is 10.2. The molecule has 0 radical (unpaired) electrons. The molecule has 2 heteroatoms. The average molecular weight is 192 g/mol. The molecular weight excluding hydrogens is 172 g/mol. The molecule has 78 valence electrons. The van der Waals surface area contributed by atoms with E-state index in [4.69, 9.17) is 5.73 Å². The van der Waals surface area contributed by atoms with Gasteiger partial charge in [-0.25, -0.2) is 0 Å². The molecule has 0 aliphatic heterocycles. The van der Waals surface area contributed by atoms with Gasteiger partial charge in [0.1, 0.15) is 0 Å². The average Bonchev–Trinajstić information content (AvgIpc) is 2.13. The van der Waals surface area contributed by atoms with E-state index < -0.39 is 0 Å². The molecule has 0 saturated carbocycles. The van der Waals surface area contributed by atoms with Gasteiger partial charge >= 0.3 is 0 Å². The van der Waals surface area contributed by atoms with Gasteiger partial charge in [-0.1, -0.05) is 13.0 Å². The molecule has 0 spiro atoms. The first-order valence-corrected chi connectivity index (χ1v) is 5.27. The van der Waals surface area contributed by atoms with Crippen molar-refractivity contribution in [3.05, 3.63) is 24.3 Å². The molecule has 0 aromatic heterocycles. The van der Waals surface area contributed by atoms with Crippen LogP contribution in [0, 0.1) is 0 Å². The molecule has 0 heterocycles. The molecule has 0 amide bonds. The van der Waals surface area contributed by atoms with Crippen LogP contribution in [0.5, 0.6) is 0 Å². The third kappa shape index (κ3) is 2.66. The Morgan fingerprint density at radius 3 is 2.57 bits per heavy atom. The van der Waals surface area contributed by atoms with Crippen molar-refractivity contribution >= 4 is 11.4 Å². The van der Waals surface area contributed by atoms with E-state index in [0.29, 0.717) is 6.04 Å². The molecule has 1 rings (SSSR count). The number of hydrogen-bond acceptors (Lipinski definition) is 2. The van der Waals surface area contributed by atoms with E-state index >= 15 is 0 Å². The van der Waals surface area contributed by atoms with Gasteiger partial charge in [0.15, 0.2) is 0 Å². The van der Waals surface area contributed by atoms with Gasteiger partial charge in [0, 0.05) is 24.0 Å². The van der Waals surface area contributed by atoms with Crippen LogP contribution in [0.15, 0.2) is 24.3 Å².